The zero-order valence-electron chi connectivity index (χ0n) is 12.7. The van der Waals surface area contributed by atoms with E-state index in [4.69, 9.17) is 4.74 Å². The minimum absolute atomic E-state index is 0.201. The van der Waals surface area contributed by atoms with E-state index in [2.05, 4.69) is 26.7 Å². The first-order valence-corrected chi connectivity index (χ1v) is 6.84. The molecule has 0 aliphatic heterocycles. The van der Waals surface area contributed by atoms with Gasteiger partial charge in [-0.25, -0.2) is 9.78 Å². The van der Waals surface area contributed by atoms with Gasteiger partial charge in [-0.2, -0.15) is 0 Å². The summed E-state index contributed by atoms with van der Waals surface area (Å²) in [7, 11) is 1.29. The molecule has 2 rings (SSSR count). The van der Waals surface area contributed by atoms with Gasteiger partial charge in [-0.05, 0) is 42.4 Å². The lowest BCUT2D eigenvalue weighted by Crippen LogP contribution is -2.03. The number of hydrogen-bond donors (Lipinski definition) is 0. The van der Waals surface area contributed by atoms with Crippen LogP contribution in [0.1, 0.15) is 28.5 Å². The molecule has 23 heavy (non-hydrogen) atoms. The summed E-state index contributed by atoms with van der Waals surface area (Å²) < 4.78 is 9.95. The van der Waals surface area contributed by atoms with E-state index in [1.807, 2.05) is 6.92 Å². The zero-order valence-corrected chi connectivity index (χ0v) is 12.7. The Balaban J connectivity index is 2.28. The molecular weight excluding hydrogens is 296 g/mol. The smallest absolute Gasteiger partial charge is 0.356 e. The van der Waals surface area contributed by atoms with Crippen molar-refractivity contribution in [3.8, 4) is 17.6 Å². The summed E-state index contributed by atoms with van der Waals surface area (Å²) in [5, 5.41) is 2.95. The molecule has 6 nitrogen and oxygen atoms in total. The normalized spacial score (nSPS) is 9.48. The largest absolute Gasteiger partial charge is 0.494 e. The van der Waals surface area contributed by atoms with Crippen molar-refractivity contribution in [2.45, 2.75) is 6.92 Å². The number of esters is 1. The van der Waals surface area contributed by atoms with Crippen molar-refractivity contribution in [2.75, 3.05) is 13.7 Å². The number of aromatic nitrogens is 1. The summed E-state index contributed by atoms with van der Waals surface area (Å²) >= 11 is 0. The minimum atomic E-state index is -0.513. The topological polar surface area (TPSA) is 77.8 Å². The standard InChI is InChI=1S/C17H14N2O4/c1-3-23-14-7-9-15(19-21)13(10-14)6-4-12-5-8-16(18-11-12)17(20)22-2/h5,7-11H,3H2,1-2H3. The molecule has 116 valence electrons. The Labute approximate surface area is 133 Å². The molecule has 1 heterocycles. The first-order chi connectivity index (χ1) is 11.2. The van der Waals surface area contributed by atoms with E-state index < -0.39 is 5.97 Å². The molecule has 0 spiro atoms. The Morgan fingerprint density at radius 2 is 2.09 bits per heavy atom. The number of rotatable bonds is 4. The van der Waals surface area contributed by atoms with E-state index in [1.54, 1.807) is 24.3 Å². The van der Waals surface area contributed by atoms with Crippen LogP contribution in [0.25, 0.3) is 0 Å². The zero-order chi connectivity index (χ0) is 16.7. The van der Waals surface area contributed by atoms with Gasteiger partial charge in [0.15, 0.2) is 0 Å². The van der Waals surface area contributed by atoms with Gasteiger partial charge in [0.2, 0.25) is 0 Å². The van der Waals surface area contributed by atoms with Gasteiger partial charge in [-0.1, -0.05) is 11.8 Å². The fraction of sp³-hybridized carbons (Fsp3) is 0.176. The second-order valence-electron chi connectivity index (χ2n) is 4.38. The number of carbonyl (C=O) groups is 1. The molecule has 0 radical (unpaired) electrons. The van der Waals surface area contributed by atoms with Crippen LogP contribution in [0.3, 0.4) is 0 Å². The maximum atomic E-state index is 11.3. The second kappa shape index (κ2) is 7.71. The Kier molecular flexibility index (Phi) is 5.42. The van der Waals surface area contributed by atoms with Gasteiger partial charge in [-0.15, -0.1) is 4.91 Å². The highest BCUT2D eigenvalue weighted by atomic mass is 16.5. The molecule has 0 atom stereocenters. The van der Waals surface area contributed by atoms with Crippen LogP contribution in [0.4, 0.5) is 5.69 Å². The van der Waals surface area contributed by atoms with Crippen LogP contribution in [0.15, 0.2) is 41.7 Å². The van der Waals surface area contributed by atoms with E-state index in [-0.39, 0.29) is 11.4 Å². The highest BCUT2D eigenvalue weighted by Gasteiger charge is 2.06. The average Bonchev–Trinajstić information content (AvgIpc) is 2.60. The number of nitrogens with zero attached hydrogens (tertiary/aromatic N) is 2. The van der Waals surface area contributed by atoms with E-state index in [0.29, 0.717) is 23.5 Å². The monoisotopic (exact) mass is 310 g/mol. The third-order valence-corrected chi connectivity index (χ3v) is 2.88. The number of carbonyl (C=O) groups excluding carboxylic acids is 1. The van der Waals surface area contributed by atoms with Crippen LogP contribution < -0.4 is 4.74 Å². The third-order valence-electron chi connectivity index (χ3n) is 2.88. The Bertz CT molecular complexity index is 773. The Hall–Kier alpha value is -3.20. The van der Waals surface area contributed by atoms with Gasteiger partial charge in [0.05, 0.1) is 19.3 Å². The van der Waals surface area contributed by atoms with Gasteiger partial charge in [0.25, 0.3) is 0 Å². The first kappa shape index (κ1) is 16.2. The maximum absolute atomic E-state index is 11.3. The third kappa shape index (κ3) is 4.14. The lowest BCUT2D eigenvalue weighted by atomic mass is 10.1. The van der Waals surface area contributed by atoms with Crippen molar-refractivity contribution in [1.29, 1.82) is 0 Å². The summed E-state index contributed by atoms with van der Waals surface area (Å²) in [6.45, 7) is 2.38. The lowest BCUT2D eigenvalue weighted by Gasteiger charge is -2.03. The van der Waals surface area contributed by atoms with Crippen LogP contribution in [0, 0.1) is 16.7 Å². The molecular formula is C17H14N2O4. The van der Waals surface area contributed by atoms with Crippen LogP contribution in [0.2, 0.25) is 0 Å². The molecule has 1 aromatic heterocycles. The molecule has 0 fully saturated rings. The quantitative estimate of drug-likeness (QED) is 0.492. The Morgan fingerprint density at radius 3 is 2.70 bits per heavy atom. The molecule has 0 unspecified atom stereocenters. The predicted octanol–water partition coefficient (Wildman–Crippen LogP) is 3.06. The highest BCUT2D eigenvalue weighted by Crippen LogP contribution is 2.23. The number of hydrogen-bond acceptors (Lipinski definition) is 6. The van der Waals surface area contributed by atoms with Crippen molar-refractivity contribution in [3.05, 3.63) is 58.3 Å². The number of benzene rings is 1. The van der Waals surface area contributed by atoms with Crippen molar-refractivity contribution in [3.63, 3.8) is 0 Å². The van der Waals surface area contributed by atoms with Crippen molar-refractivity contribution in [1.82, 2.24) is 4.98 Å². The van der Waals surface area contributed by atoms with Gasteiger partial charge in [0, 0.05) is 11.8 Å². The van der Waals surface area contributed by atoms with Gasteiger partial charge in [0.1, 0.15) is 17.1 Å². The molecule has 6 heteroatoms. The molecule has 0 amide bonds. The van der Waals surface area contributed by atoms with Gasteiger partial charge in [-0.3, -0.25) is 0 Å². The van der Waals surface area contributed by atoms with E-state index in [9.17, 15) is 9.70 Å². The molecule has 1 aromatic carbocycles. The molecule has 0 N–H and O–H groups in total. The van der Waals surface area contributed by atoms with Crippen LogP contribution in [0.5, 0.6) is 5.75 Å². The summed E-state index contributed by atoms with van der Waals surface area (Å²) in [6, 6.07) is 8.04. The molecule has 0 saturated carbocycles. The summed E-state index contributed by atoms with van der Waals surface area (Å²) in [6.07, 6.45) is 1.46. The molecule has 0 saturated heterocycles. The number of ether oxygens (including phenoxy) is 2. The van der Waals surface area contributed by atoms with Gasteiger partial charge < -0.3 is 9.47 Å². The lowest BCUT2D eigenvalue weighted by molar-refractivity contribution is 0.0594. The molecule has 0 aliphatic rings. The molecule has 0 bridgehead atoms. The van der Waals surface area contributed by atoms with Crippen LogP contribution in [-0.2, 0) is 4.74 Å². The maximum Gasteiger partial charge on any atom is 0.356 e. The summed E-state index contributed by atoms with van der Waals surface area (Å²) in [5.41, 5.74) is 1.49. The van der Waals surface area contributed by atoms with Crippen molar-refractivity contribution >= 4 is 11.7 Å². The highest BCUT2D eigenvalue weighted by molar-refractivity contribution is 5.87. The fourth-order valence-corrected chi connectivity index (χ4v) is 1.78. The Morgan fingerprint density at radius 1 is 1.26 bits per heavy atom. The number of nitroso groups, excluding NO2 is 1. The van der Waals surface area contributed by atoms with Crippen molar-refractivity contribution in [2.24, 2.45) is 5.18 Å². The predicted molar refractivity (Wildman–Crippen MR) is 84.6 cm³/mol. The molecule has 0 aliphatic carbocycles. The summed E-state index contributed by atoms with van der Waals surface area (Å²) in [5.74, 6) is 5.83. The average molecular weight is 310 g/mol. The number of methoxy groups -OCH3 is 1. The van der Waals surface area contributed by atoms with Crippen molar-refractivity contribution < 1.29 is 14.3 Å². The van der Waals surface area contributed by atoms with Crippen LogP contribution in [-0.4, -0.2) is 24.7 Å². The molecule has 2 aromatic rings. The van der Waals surface area contributed by atoms with E-state index >= 15 is 0 Å². The summed E-state index contributed by atoms with van der Waals surface area (Å²) in [4.78, 5) is 26.1. The second-order valence-corrected chi connectivity index (χ2v) is 4.38. The number of pyridine rings is 1. The van der Waals surface area contributed by atoms with E-state index in [1.165, 1.54) is 19.4 Å². The minimum Gasteiger partial charge on any atom is -0.494 e. The van der Waals surface area contributed by atoms with Gasteiger partial charge >= 0.3 is 5.97 Å². The first-order valence-electron chi connectivity index (χ1n) is 6.84. The SMILES string of the molecule is CCOc1ccc(N=O)c(C#Cc2ccc(C(=O)OC)nc2)c1. The van der Waals surface area contributed by atoms with E-state index in [0.717, 1.165) is 0 Å². The fourth-order valence-electron chi connectivity index (χ4n) is 1.78. The van der Waals surface area contributed by atoms with Crippen LogP contribution >= 0.6 is 0 Å².